The second-order valence-electron chi connectivity index (χ2n) is 4.71. The summed E-state index contributed by atoms with van der Waals surface area (Å²) < 4.78 is 5.28. The zero-order chi connectivity index (χ0) is 12.4. The summed E-state index contributed by atoms with van der Waals surface area (Å²) in [6.07, 6.45) is 6.61. The van der Waals surface area contributed by atoms with Gasteiger partial charge in [0.05, 0.1) is 12.5 Å². The van der Waals surface area contributed by atoms with E-state index < -0.39 is 0 Å². The van der Waals surface area contributed by atoms with Crippen LogP contribution in [0.4, 0.5) is 0 Å². The zero-order valence-electron chi connectivity index (χ0n) is 11.0. The van der Waals surface area contributed by atoms with Crippen molar-refractivity contribution in [2.45, 2.75) is 52.9 Å². The maximum Gasteiger partial charge on any atom is 0.309 e. The van der Waals surface area contributed by atoms with E-state index in [2.05, 4.69) is 27.4 Å². The van der Waals surface area contributed by atoms with Gasteiger partial charge in [0.1, 0.15) is 0 Å². The summed E-state index contributed by atoms with van der Waals surface area (Å²) in [5.74, 6) is 0.555. The molecule has 0 saturated heterocycles. The monoisotopic (exact) mass is 226 g/mol. The minimum atomic E-state index is -0.0472. The zero-order valence-corrected chi connectivity index (χ0v) is 11.0. The van der Waals surface area contributed by atoms with Gasteiger partial charge >= 0.3 is 5.97 Å². The largest absolute Gasteiger partial charge is 0.465 e. The van der Waals surface area contributed by atoms with E-state index in [1.807, 2.05) is 6.08 Å². The van der Waals surface area contributed by atoms with E-state index in [0.29, 0.717) is 12.5 Å². The van der Waals surface area contributed by atoms with Gasteiger partial charge in [-0.1, -0.05) is 39.7 Å². The number of carbonyl (C=O) groups excluding carboxylic acids is 1. The van der Waals surface area contributed by atoms with E-state index in [1.54, 1.807) is 0 Å². The molecule has 0 aliphatic heterocycles. The highest BCUT2D eigenvalue weighted by molar-refractivity contribution is 5.72. The van der Waals surface area contributed by atoms with Crippen LogP contribution < -0.4 is 0 Å². The fraction of sp³-hybridized carbons (Fsp3) is 0.786. The molecule has 0 rings (SSSR count). The van der Waals surface area contributed by atoms with Crippen molar-refractivity contribution >= 4 is 5.97 Å². The molecular formula is C14H26O2. The van der Waals surface area contributed by atoms with Crippen molar-refractivity contribution < 1.29 is 9.53 Å². The third kappa shape index (κ3) is 7.49. The Balaban J connectivity index is 3.90. The quantitative estimate of drug-likeness (QED) is 0.439. The molecule has 0 aliphatic rings. The predicted molar refractivity (Wildman–Crippen MR) is 68.2 cm³/mol. The summed E-state index contributed by atoms with van der Waals surface area (Å²) in [7, 11) is 0. The van der Waals surface area contributed by atoms with Crippen molar-refractivity contribution in [2.75, 3.05) is 6.61 Å². The van der Waals surface area contributed by atoms with Gasteiger partial charge in [-0.25, -0.2) is 0 Å². The topological polar surface area (TPSA) is 26.3 Å². The van der Waals surface area contributed by atoms with Crippen molar-refractivity contribution in [3.05, 3.63) is 12.7 Å². The highest BCUT2D eigenvalue weighted by Gasteiger charge is 2.17. The van der Waals surface area contributed by atoms with Crippen LogP contribution in [0, 0.1) is 11.8 Å². The highest BCUT2D eigenvalue weighted by atomic mass is 16.5. The maximum absolute atomic E-state index is 11.8. The van der Waals surface area contributed by atoms with Gasteiger partial charge in [-0.05, 0) is 25.2 Å². The Kier molecular flexibility index (Phi) is 8.97. The second-order valence-corrected chi connectivity index (χ2v) is 4.71. The third-order valence-corrected chi connectivity index (χ3v) is 2.63. The number of hydrogen-bond acceptors (Lipinski definition) is 2. The van der Waals surface area contributed by atoms with E-state index in [-0.39, 0.29) is 11.9 Å². The number of unbranched alkanes of at least 4 members (excludes halogenated alkanes) is 1. The van der Waals surface area contributed by atoms with Gasteiger partial charge in [-0.3, -0.25) is 4.79 Å². The lowest BCUT2D eigenvalue weighted by atomic mass is 9.99. The van der Waals surface area contributed by atoms with Crippen LogP contribution in [0.25, 0.3) is 0 Å². The number of allylic oxidation sites excluding steroid dienone is 1. The van der Waals surface area contributed by atoms with E-state index in [1.165, 1.54) is 0 Å². The molecule has 94 valence electrons. The van der Waals surface area contributed by atoms with Crippen molar-refractivity contribution in [1.29, 1.82) is 0 Å². The normalized spacial score (nSPS) is 12.5. The predicted octanol–water partition coefficient (Wildman–Crippen LogP) is 3.96. The number of hydrogen-bond donors (Lipinski definition) is 0. The van der Waals surface area contributed by atoms with Crippen LogP contribution in [0.5, 0.6) is 0 Å². The summed E-state index contributed by atoms with van der Waals surface area (Å²) in [5, 5.41) is 0. The van der Waals surface area contributed by atoms with Gasteiger partial charge in [0, 0.05) is 0 Å². The fourth-order valence-electron chi connectivity index (χ4n) is 1.50. The Morgan fingerprint density at radius 1 is 1.38 bits per heavy atom. The fourth-order valence-corrected chi connectivity index (χ4v) is 1.50. The molecule has 2 heteroatoms. The van der Waals surface area contributed by atoms with Crippen molar-refractivity contribution in [2.24, 2.45) is 11.8 Å². The van der Waals surface area contributed by atoms with Crippen LogP contribution in [-0.4, -0.2) is 12.6 Å². The van der Waals surface area contributed by atoms with Crippen LogP contribution in [0.15, 0.2) is 12.7 Å². The molecule has 0 saturated carbocycles. The first-order valence-electron chi connectivity index (χ1n) is 6.39. The molecule has 0 N–H and O–H groups in total. The lowest BCUT2D eigenvalue weighted by Gasteiger charge is -2.14. The standard InChI is InChI=1S/C14H26O2/c1-5-7-9-13(8-6-2)14(15)16-11-10-12(3)4/h6,12-13H,2,5,7-11H2,1,3-4H3. The molecule has 0 aromatic heterocycles. The molecule has 0 aliphatic carbocycles. The second kappa shape index (κ2) is 9.44. The first kappa shape index (κ1) is 15.2. The smallest absolute Gasteiger partial charge is 0.309 e. The Morgan fingerprint density at radius 2 is 2.06 bits per heavy atom. The van der Waals surface area contributed by atoms with Crippen molar-refractivity contribution in [3.63, 3.8) is 0 Å². The molecule has 0 heterocycles. The Hall–Kier alpha value is -0.790. The molecule has 0 bridgehead atoms. The van der Waals surface area contributed by atoms with Crippen LogP contribution in [0.3, 0.4) is 0 Å². The molecule has 0 fully saturated rings. The van der Waals surface area contributed by atoms with Crippen LogP contribution >= 0.6 is 0 Å². The summed E-state index contributed by atoms with van der Waals surface area (Å²) in [6.45, 7) is 10.6. The van der Waals surface area contributed by atoms with Crippen molar-refractivity contribution in [3.8, 4) is 0 Å². The summed E-state index contributed by atoms with van der Waals surface area (Å²) in [4.78, 5) is 11.8. The van der Waals surface area contributed by atoms with Gasteiger partial charge < -0.3 is 4.74 Å². The van der Waals surface area contributed by atoms with Gasteiger partial charge in [0.2, 0.25) is 0 Å². The highest BCUT2D eigenvalue weighted by Crippen LogP contribution is 2.15. The lowest BCUT2D eigenvalue weighted by Crippen LogP contribution is -2.18. The number of esters is 1. The molecule has 0 aromatic carbocycles. The van der Waals surface area contributed by atoms with E-state index >= 15 is 0 Å². The minimum Gasteiger partial charge on any atom is -0.465 e. The van der Waals surface area contributed by atoms with E-state index in [0.717, 1.165) is 32.1 Å². The van der Waals surface area contributed by atoms with Gasteiger partial charge in [0.15, 0.2) is 0 Å². The minimum absolute atomic E-state index is 0.0182. The molecule has 1 atom stereocenters. The lowest BCUT2D eigenvalue weighted by molar-refractivity contribution is -0.149. The Labute approximate surface area is 100 Å². The first-order chi connectivity index (χ1) is 7.61. The van der Waals surface area contributed by atoms with Crippen molar-refractivity contribution in [1.82, 2.24) is 0 Å². The molecule has 2 nitrogen and oxygen atoms in total. The summed E-state index contributed by atoms with van der Waals surface area (Å²) in [5.41, 5.74) is 0. The molecule has 0 aromatic rings. The number of rotatable bonds is 9. The van der Waals surface area contributed by atoms with Gasteiger partial charge in [0.25, 0.3) is 0 Å². The average Bonchev–Trinajstić information content (AvgIpc) is 2.23. The number of carbonyl (C=O) groups is 1. The molecule has 16 heavy (non-hydrogen) atoms. The molecular weight excluding hydrogens is 200 g/mol. The Bertz CT molecular complexity index is 197. The molecule has 0 radical (unpaired) electrons. The van der Waals surface area contributed by atoms with Crippen LogP contribution in [0.1, 0.15) is 52.9 Å². The van der Waals surface area contributed by atoms with Crippen LogP contribution in [-0.2, 0) is 9.53 Å². The SMILES string of the molecule is C=CCC(CCCC)C(=O)OCCC(C)C. The van der Waals surface area contributed by atoms with Crippen LogP contribution in [0.2, 0.25) is 0 Å². The Morgan fingerprint density at radius 3 is 2.56 bits per heavy atom. The average molecular weight is 226 g/mol. The van der Waals surface area contributed by atoms with Gasteiger partial charge in [-0.2, -0.15) is 0 Å². The summed E-state index contributed by atoms with van der Waals surface area (Å²) in [6, 6.07) is 0. The van der Waals surface area contributed by atoms with E-state index in [9.17, 15) is 4.79 Å². The number of ether oxygens (including phenoxy) is 1. The van der Waals surface area contributed by atoms with Gasteiger partial charge in [-0.15, -0.1) is 6.58 Å². The molecule has 0 spiro atoms. The maximum atomic E-state index is 11.8. The third-order valence-electron chi connectivity index (χ3n) is 2.63. The molecule has 0 amide bonds. The first-order valence-corrected chi connectivity index (χ1v) is 6.39. The molecule has 1 unspecified atom stereocenters. The summed E-state index contributed by atoms with van der Waals surface area (Å²) >= 11 is 0. The van der Waals surface area contributed by atoms with E-state index in [4.69, 9.17) is 4.74 Å².